The molecule has 4 aromatic rings. The summed E-state index contributed by atoms with van der Waals surface area (Å²) in [6.45, 7) is 5.62. The minimum Gasteiger partial charge on any atom is -0.339 e. The molecular weight excluding hydrogens is 670 g/mol. The molecule has 0 unspecified atom stereocenters. The number of rotatable bonds is 6. The first-order chi connectivity index (χ1) is 22.2. The predicted molar refractivity (Wildman–Crippen MR) is 183 cm³/mol. The fourth-order valence-corrected chi connectivity index (χ4v) is 6.33. The normalized spacial score (nSPS) is 14.5. The third-order valence-electron chi connectivity index (χ3n) is 7.52. The molecule has 1 fully saturated rings. The van der Waals surface area contributed by atoms with Crippen molar-refractivity contribution in [2.75, 3.05) is 13.1 Å². The first-order valence-corrected chi connectivity index (χ1v) is 16.3. The highest BCUT2D eigenvalue weighted by Gasteiger charge is 2.28. The maximum Gasteiger partial charge on any atom is 0.258 e. The molecule has 3 aromatic carbocycles. The Balaban J connectivity index is 0.00000204. The van der Waals surface area contributed by atoms with Gasteiger partial charge in [0.25, 0.3) is 11.8 Å². The van der Waals surface area contributed by atoms with Gasteiger partial charge in [-0.2, -0.15) is 5.10 Å². The van der Waals surface area contributed by atoms with Crippen molar-refractivity contribution in [3.63, 3.8) is 0 Å². The number of halogens is 4. The van der Waals surface area contributed by atoms with Gasteiger partial charge < -0.3 is 4.90 Å². The van der Waals surface area contributed by atoms with E-state index in [0.717, 1.165) is 35.4 Å². The van der Waals surface area contributed by atoms with Crippen molar-refractivity contribution in [1.29, 1.82) is 0 Å². The SMILES string of the molecule is CC.O=C(NC1=NNNN1)c1ccc(Cn2nc(-c3cc(Cl)cc(Cl)c3)cc2C2CCN(C(=O)c3ccc(Cl)cc3Cl)CC2)cc1. The van der Waals surface area contributed by atoms with Crippen LogP contribution >= 0.6 is 46.4 Å². The van der Waals surface area contributed by atoms with Crippen molar-refractivity contribution >= 4 is 64.2 Å². The Hall–Kier alpha value is -3.80. The molecule has 10 nitrogen and oxygen atoms in total. The summed E-state index contributed by atoms with van der Waals surface area (Å²) in [6.07, 6.45) is 1.50. The maximum atomic E-state index is 13.2. The van der Waals surface area contributed by atoms with E-state index in [1.54, 1.807) is 36.4 Å². The molecule has 1 aromatic heterocycles. The van der Waals surface area contributed by atoms with E-state index < -0.39 is 0 Å². The van der Waals surface area contributed by atoms with Crippen molar-refractivity contribution in [2.24, 2.45) is 5.10 Å². The number of aromatic nitrogens is 2. The van der Waals surface area contributed by atoms with E-state index in [9.17, 15) is 9.59 Å². The van der Waals surface area contributed by atoms with Gasteiger partial charge in [0.1, 0.15) is 0 Å². The molecule has 0 bridgehead atoms. The summed E-state index contributed by atoms with van der Waals surface area (Å²) in [5.74, 6) is 0.0234. The molecule has 0 aliphatic carbocycles. The summed E-state index contributed by atoms with van der Waals surface area (Å²) in [4.78, 5) is 27.6. The number of carbonyl (C=O) groups excluding carboxylic acids is 2. The largest absolute Gasteiger partial charge is 0.339 e. The Morgan fingerprint density at radius 2 is 1.59 bits per heavy atom. The highest BCUT2D eigenvalue weighted by atomic mass is 35.5. The number of hydrazine groups is 2. The number of nitrogens with one attached hydrogen (secondary N) is 4. The number of benzene rings is 3. The molecule has 2 aliphatic heterocycles. The van der Waals surface area contributed by atoms with Crippen LogP contribution in [0.15, 0.2) is 71.8 Å². The van der Waals surface area contributed by atoms with Crippen LogP contribution in [0.5, 0.6) is 0 Å². The summed E-state index contributed by atoms with van der Waals surface area (Å²) in [5.41, 5.74) is 12.2. The molecule has 240 valence electrons. The van der Waals surface area contributed by atoms with E-state index in [0.29, 0.717) is 50.9 Å². The molecule has 14 heteroatoms. The quantitative estimate of drug-likeness (QED) is 0.174. The number of piperidine rings is 1. The van der Waals surface area contributed by atoms with Crippen LogP contribution in [0.25, 0.3) is 11.3 Å². The fraction of sp³-hybridized carbons (Fsp3) is 0.250. The standard InChI is InChI=1S/C30H26Cl4N8O2.C2H6/c31-21-5-6-24(25(34)14-21)29(44)41-9-7-18(8-10-41)27-15-26(20-11-22(32)13-23(33)12-20)38-42(27)16-17-1-3-19(4-2-17)28(43)35-30-36-39-40-37-30;1-2/h1-6,11-15,18,39-40H,7-10,16H2,(H2,35,36,37,43);1-2H3. The molecule has 0 radical (unpaired) electrons. The summed E-state index contributed by atoms with van der Waals surface area (Å²) < 4.78 is 1.98. The number of hydrogen-bond acceptors (Lipinski definition) is 7. The van der Waals surface area contributed by atoms with Gasteiger partial charge in [-0.25, -0.2) is 5.53 Å². The Morgan fingerprint density at radius 3 is 2.22 bits per heavy atom. The van der Waals surface area contributed by atoms with Gasteiger partial charge in [-0.3, -0.25) is 25.0 Å². The van der Waals surface area contributed by atoms with Crippen LogP contribution in [0.2, 0.25) is 20.1 Å². The van der Waals surface area contributed by atoms with Crippen LogP contribution in [0.4, 0.5) is 0 Å². The number of hydrogen-bond donors (Lipinski definition) is 4. The predicted octanol–water partition coefficient (Wildman–Crippen LogP) is 6.87. The van der Waals surface area contributed by atoms with Gasteiger partial charge in [0.15, 0.2) is 0 Å². The van der Waals surface area contributed by atoms with Gasteiger partial charge >= 0.3 is 0 Å². The Morgan fingerprint density at radius 1 is 0.891 bits per heavy atom. The molecule has 1 saturated heterocycles. The highest BCUT2D eigenvalue weighted by Crippen LogP contribution is 2.34. The van der Waals surface area contributed by atoms with E-state index in [-0.39, 0.29) is 23.7 Å². The summed E-state index contributed by atoms with van der Waals surface area (Å²) >= 11 is 25.0. The lowest BCUT2D eigenvalue weighted by atomic mass is 9.92. The zero-order valence-electron chi connectivity index (χ0n) is 25.1. The molecule has 0 atom stereocenters. The number of nitrogens with zero attached hydrogens (tertiary/aromatic N) is 4. The van der Waals surface area contributed by atoms with Crippen molar-refractivity contribution in [1.82, 2.24) is 36.5 Å². The second-order valence-electron chi connectivity index (χ2n) is 10.4. The first-order valence-electron chi connectivity index (χ1n) is 14.8. The van der Waals surface area contributed by atoms with E-state index in [1.807, 2.05) is 47.7 Å². The summed E-state index contributed by atoms with van der Waals surface area (Å²) in [5, 5.41) is 13.4. The highest BCUT2D eigenvalue weighted by molar-refractivity contribution is 6.37. The number of likely N-dealkylation sites (tertiary alicyclic amines) is 1. The second-order valence-corrected chi connectivity index (χ2v) is 12.2. The van der Waals surface area contributed by atoms with Gasteiger partial charge in [0.2, 0.25) is 5.96 Å². The van der Waals surface area contributed by atoms with E-state index in [4.69, 9.17) is 51.5 Å². The van der Waals surface area contributed by atoms with E-state index in [1.165, 1.54) is 0 Å². The van der Waals surface area contributed by atoms with E-state index in [2.05, 4.69) is 33.0 Å². The lowest BCUT2D eigenvalue weighted by Crippen LogP contribution is -2.43. The zero-order valence-corrected chi connectivity index (χ0v) is 28.1. The molecule has 3 heterocycles. The van der Waals surface area contributed by atoms with E-state index >= 15 is 0 Å². The van der Waals surface area contributed by atoms with Crippen LogP contribution in [-0.2, 0) is 6.54 Å². The van der Waals surface area contributed by atoms with Crippen LogP contribution < -0.4 is 21.8 Å². The van der Waals surface area contributed by atoms with Crippen LogP contribution in [0.1, 0.15) is 64.6 Å². The second kappa shape index (κ2) is 15.2. The first kappa shape index (κ1) is 33.6. The number of amides is 2. The average molecular weight is 702 g/mol. The monoisotopic (exact) mass is 700 g/mol. The average Bonchev–Trinajstić information content (AvgIpc) is 3.72. The van der Waals surface area contributed by atoms with Gasteiger partial charge in [0, 0.05) is 50.9 Å². The number of hydrazone groups is 1. The Labute approximate surface area is 287 Å². The third-order valence-corrected chi connectivity index (χ3v) is 8.50. The molecule has 46 heavy (non-hydrogen) atoms. The third kappa shape index (κ3) is 7.94. The lowest BCUT2D eigenvalue weighted by Gasteiger charge is -2.32. The van der Waals surface area contributed by atoms with Gasteiger partial charge in [-0.15, -0.1) is 10.6 Å². The topological polar surface area (TPSA) is 116 Å². The smallest absolute Gasteiger partial charge is 0.258 e. The molecular formula is C32H32Cl4N8O2. The molecule has 6 rings (SSSR count). The van der Waals surface area contributed by atoms with Crippen molar-refractivity contribution in [3.05, 3.63) is 109 Å². The molecule has 0 spiro atoms. The number of guanidine groups is 1. The maximum absolute atomic E-state index is 13.2. The summed E-state index contributed by atoms with van der Waals surface area (Å²) in [6, 6.07) is 19.7. The molecule has 2 amide bonds. The van der Waals surface area contributed by atoms with Crippen LogP contribution in [0, 0.1) is 0 Å². The Kier molecular flexibility index (Phi) is 11.1. The molecule has 2 aliphatic rings. The minimum absolute atomic E-state index is 0.111. The molecule has 0 saturated carbocycles. The Bertz CT molecular complexity index is 1730. The lowest BCUT2D eigenvalue weighted by molar-refractivity contribution is 0.0711. The van der Waals surface area contributed by atoms with Gasteiger partial charge in [-0.05, 0) is 73.0 Å². The van der Waals surface area contributed by atoms with Crippen LogP contribution in [-0.4, -0.2) is 45.5 Å². The number of carbonyl (C=O) groups is 2. The van der Waals surface area contributed by atoms with Crippen molar-refractivity contribution in [2.45, 2.75) is 39.2 Å². The van der Waals surface area contributed by atoms with Gasteiger partial charge in [-0.1, -0.05) is 72.4 Å². The van der Waals surface area contributed by atoms with Gasteiger partial charge in [0.05, 0.1) is 22.8 Å². The van der Waals surface area contributed by atoms with Crippen molar-refractivity contribution in [3.8, 4) is 11.3 Å². The fourth-order valence-electron chi connectivity index (χ4n) is 5.31. The van der Waals surface area contributed by atoms with Crippen molar-refractivity contribution < 1.29 is 9.59 Å². The molecule has 4 N–H and O–H groups in total. The minimum atomic E-state index is -0.297. The summed E-state index contributed by atoms with van der Waals surface area (Å²) in [7, 11) is 0. The van der Waals surface area contributed by atoms with Crippen LogP contribution in [0.3, 0.4) is 0 Å². The zero-order chi connectivity index (χ0) is 32.8.